The molecule has 0 radical (unpaired) electrons. The second kappa shape index (κ2) is 9.23. The van der Waals surface area contributed by atoms with Gasteiger partial charge in [0.15, 0.2) is 0 Å². The Hall–Kier alpha value is -0.330. The fraction of sp³-hybridized carbons (Fsp3) is 0.562. The van der Waals surface area contributed by atoms with E-state index in [1.54, 1.807) is 6.92 Å². The predicted molar refractivity (Wildman–Crippen MR) is 103 cm³/mol. The standard InChI is InChI=1S/C16H24BrN3O.2ClH/c1-16(18,12-6-8-13(17)9-7-12)15(21)19-10-14(20(2)3)11-4-5-11;;/h6-9,11,14H,4-5,10,18H2,1-3H3,(H,19,21);2*1H. The summed E-state index contributed by atoms with van der Waals surface area (Å²) >= 11 is 3.39. The second-order valence-corrected chi connectivity index (χ2v) is 7.20. The van der Waals surface area contributed by atoms with Gasteiger partial charge >= 0.3 is 0 Å². The highest BCUT2D eigenvalue weighted by Crippen LogP contribution is 2.34. The van der Waals surface area contributed by atoms with Crippen molar-refractivity contribution >= 4 is 46.7 Å². The summed E-state index contributed by atoms with van der Waals surface area (Å²) in [5.41, 5.74) is 6.05. The molecule has 0 aliphatic heterocycles. The molecule has 0 spiro atoms. The Kier molecular flexibility index (Phi) is 9.10. The molecule has 3 N–H and O–H groups in total. The molecule has 1 aliphatic rings. The summed E-state index contributed by atoms with van der Waals surface area (Å²) in [7, 11) is 4.12. The number of rotatable bonds is 6. The lowest BCUT2D eigenvalue weighted by Crippen LogP contribution is -2.52. The maximum absolute atomic E-state index is 12.5. The molecule has 0 saturated heterocycles. The number of nitrogens with zero attached hydrogens (tertiary/aromatic N) is 1. The van der Waals surface area contributed by atoms with Crippen molar-refractivity contribution in [2.24, 2.45) is 11.7 Å². The quantitative estimate of drug-likeness (QED) is 0.735. The summed E-state index contributed by atoms with van der Waals surface area (Å²) in [4.78, 5) is 14.6. The van der Waals surface area contributed by atoms with E-state index in [-0.39, 0.29) is 30.7 Å². The van der Waals surface area contributed by atoms with E-state index in [1.165, 1.54) is 12.8 Å². The molecule has 1 aliphatic carbocycles. The minimum absolute atomic E-state index is 0. The number of amides is 1. The average Bonchev–Trinajstić information content (AvgIpc) is 3.23. The van der Waals surface area contributed by atoms with E-state index >= 15 is 0 Å². The number of benzene rings is 1. The summed E-state index contributed by atoms with van der Waals surface area (Å²) in [6.07, 6.45) is 2.51. The molecule has 1 saturated carbocycles. The van der Waals surface area contributed by atoms with Crippen LogP contribution >= 0.6 is 40.7 Å². The zero-order valence-electron chi connectivity index (χ0n) is 13.7. The highest BCUT2D eigenvalue weighted by Gasteiger charge is 2.35. The van der Waals surface area contributed by atoms with Gasteiger partial charge in [0.25, 0.3) is 0 Å². The third kappa shape index (κ3) is 5.91. The van der Waals surface area contributed by atoms with Crippen LogP contribution in [-0.2, 0) is 10.3 Å². The first-order valence-corrected chi connectivity index (χ1v) is 8.11. The molecule has 1 fully saturated rings. The van der Waals surface area contributed by atoms with Gasteiger partial charge in [-0.15, -0.1) is 24.8 Å². The summed E-state index contributed by atoms with van der Waals surface area (Å²) in [6.45, 7) is 2.41. The molecule has 2 unspecified atom stereocenters. The number of nitrogens with two attached hydrogens (primary N) is 1. The van der Waals surface area contributed by atoms with Crippen LogP contribution in [0, 0.1) is 5.92 Å². The van der Waals surface area contributed by atoms with Gasteiger partial charge in [-0.25, -0.2) is 0 Å². The highest BCUT2D eigenvalue weighted by molar-refractivity contribution is 9.10. The summed E-state index contributed by atoms with van der Waals surface area (Å²) < 4.78 is 0.976. The van der Waals surface area contributed by atoms with Crippen molar-refractivity contribution in [3.63, 3.8) is 0 Å². The lowest BCUT2D eigenvalue weighted by Gasteiger charge is -2.28. The predicted octanol–water partition coefficient (Wildman–Crippen LogP) is 2.92. The molecule has 0 aromatic heterocycles. The van der Waals surface area contributed by atoms with Crippen LogP contribution in [0.5, 0.6) is 0 Å². The summed E-state index contributed by atoms with van der Waals surface area (Å²) in [6, 6.07) is 7.97. The van der Waals surface area contributed by atoms with Crippen LogP contribution in [0.25, 0.3) is 0 Å². The number of nitrogens with one attached hydrogen (secondary N) is 1. The maximum atomic E-state index is 12.5. The molecule has 2 rings (SSSR count). The average molecular weight is 427 g/mol. The number of hydrogen-bond donors (Lipinski definition) is 2. The Balaban J connectivity index is 0.00000242. The molecule has 1 aromatic carbocycles. The molecule has 23 heavy (non-hydrogen) atoms. The van der Waals surface area contributed by atoms with Crippen molar-refractivity contribution in [1.29, 1.82) is 0 Å². The fourth-order valence-electron chi connectivity index (χ4n) is 2.56. The first kappa shape index (κ1) is 22.7. The monoisotopic (exact) mass is 425 g/mol. The Morgan fingerprint density at radius 2 is 1.87 bits per heavy atom. The number of carbonyl (C=O) groups is 1. The first-order valence-electron chi connectivity index (χ1n) is 7.32. The van der Waals surface area contributed by atoms with Gasteiger partial charge in [0.05, 0.1) is 0 Å². The van der Waals surface area contributed by atoms with E-state index in [0.29, 0.717) is 18.5 Å². The Morgan fingerprint density at radius 1 is 1.35 bits per heavy atom. The maximum Gasteiger partial charge on any atom is 0.244 e. The van der Waals surface area contributed by atoms with Crippen LogP contribution in [0.3, 0.4) is 0 Å². The molecule has 1 aromatic rings. The van der Waals surface area contributed by atoms with Gasteiger partial charge in [-0.2, -0.15) is 0 Å². The largest absolute Gasteiger partial charge is 0.353 e. The first-order chi connectivity index (χ1) is 9.82. The van der Waals surface area contributed by atoms with Crippen LogP contribution < -0.4 is 11.1 Å². The topological polar surface area (TPSA) is 58.4 Å². The van der Waals surface area contributed by atoms with E-state index in [0.717, 1.165) is 10.0 Å². The van der Waals surface area contributed by atoms with Crippen molar-refractivity contribution < 1.29 is 4.79 Å². The lowest BCUT2D eigenvalue weighted by molar-refractivity contribution is -0.126. The molecule has 1 amide bonds. The minimum Gasteiger partial charge on any atom is -0.353 e. The molecule has 7 heteroatoms. The third-order valence-corrected chi connectivity index (χ3v) is 4.75. The third-order valence-electron chi connectivity index (χ3n) is 4.22. The van der Waals surface area contributed by atoms with E-state index in [9.17, 15) is 4.79 Å². The van der Waals surface area contributed by atoms with Gasteiger partial charge in [-0.05, 0) is 57.5 Å². The lowest BCUT2D eigenvalue weighted by atomic mass is 9.92. The van der Waals surface area contributed by atoms with Crippen molar-refractivity contribution in [3.05, 3.63) is 34.3 Å². The van der Waals surface area contributed by atoms with Crippen molar-refractivity contribution in [3.8, 4) is 0 Å². The number of hydrogen-bond acceptors (Lipinski definition) is 3. The van der Waals surface area contributed by atoms with Crippen LogP contribution in [0.15, 0.2) is 28.7 Å². The molecule has 132 valence electrons. The smallest absolute Gasteiger partial charge is 0.244 e. The molecule has 0 bridgehead atoms. The number of likely N-dealkylation sites (N-methyl/N-ethyl adjacent to an activating group) is 1. The zero-order valence-corrected chi connectivity index (χ0v) is 16.9. The van der Waals surface area contributed by atoms with Crippen LogP contribution in [0.2, 0.25) is 0 Å². The Morgan fingerprint density at radius 3 is 2.30 bits per heavy atom. The van der Waals surface area contributed by atoms with Gasteiger partial charge < -0.3 is 16.0 Å². The van der Waals surface area contributed by atoms with E-state index < -0.39 is 5.54 Å². The minimum atomic E-state index is -1.01. The molecular formula is C16H26BrCl2N3O. The number of carbonyl (C=O) groups excluding carboxylic acids is 1. The normalized spacial score (nSPS) is 17.5. The van der Waals surface area contributed by atoms with Gasteiger partial charge in [-0.1, -0.05) is 28.1 Å². The SMILES string of the molecule is CN(C)C(CNC(=O)C(C)(N)c1ccc(Br)cc1)C1CC1.Cl.Cl. The Bertz CT molecular complexity index is 503. The Labute approximate surface area is 159 Å². The molecule has 2 atom stereocenters. The second-order valence-electron chi connectivity index (χ2n) is 6.29. The van der Waals surface area contributed by atoms with Gasteiger partial charge in [-0.3, -0.25) is 4.79 Å². The van der Waals surface area contributed by atoms with Gasteiger partial charge in [0.1, 0.15) is 5.54 Å². The van der Waals surface area contributed by atoms with E-state index in [4.69, 9.17) is 5.73 Å². The summed E-state index contributed by atoms with van der Waals surface area (Å²) in [5, 5.41) is 3.02. The van der Waals surface area contributed by atoms with Crippen molar-refractivity contribution in [2.75, 3.05) is 20.6 Å². The summed E-state index contributed by atoms with van der Waals surface area (Å²) in [5.74, 6) is 0.578. The number of halogens is 3. The van der Waals surface area contributed by atoms with E-state index in [1.807, 2.05) is 24.3 Å². The molecule has 4 nitrogen and oxygen atoms in total. The zero-order chi connectivity index (χ0) is 15.6. The van der Waals surface area contributed by atoms with Crippen molar-refractivity contribution in [1.82, 2.24) is 10.2 Å². The molecular weight excluding hydrogens is 401 g/mol. The van der Waals surface area contributed by atoms with Gasteiger partial charge in [0, 0.05) is 17.1 Å². The van der Waals surface area contributed by atoms with Crippen LogP contribution in [-0.4, -0.2) is 37.5 Å². The van der Waals surface area contributed by atoms with Crippen LogP contribution in [0.1, 0.15) is 25.3 Å². The highest BCUT2D eigenvalue weighted by atomic mass is 79.9. The molecule has 0 heterocycles. The van der Waals surface area contributed by atoms with Crippen molar-refractivity contribution in [2.45, 2.75) is 31.3 Å². The van der Waals surface area contributed by atoms with E-state index in [2.05, 4.69) is 40.2 Å². The van der Waals surface area contributed by atoms with Gasteiger partial charge in [0.2, 0.25) is 5.91 Å². The fourth-order valence-corrected chi connectivity index (χ4v) is 2.82. The van der Waals surface area contributed by atoms with Crippen LogP contribution in [0.4, 0.5) is 0 Å².